The van der Waals surface area contributed by atoms with Crippen molar-refractivity contribution in [2.24, 2.45) is 5.92 Å². The predicted octanol–water partition coefficient (Wildman–Crippen LogP) is 3.76. The molecule has 1 aromatic heterocycles. The molecule has 104 valence electrons. The average molecular weight is 286 g/mol. The van der Waals surface area contributed by atoms with Crippen LogP contribution in [-0.4, -0.2) is 22.3 Å². The molecule has 2 aliphatic rings. The average Bonchev–Trinajstić information content (AvgIpc) is 3.02. The number of amides is 1. The summed E-state index contributed by atoms with van der Waals surface area (Å²) in [6.45, 7) is 0.913. The monoisotopic (exact) mass is 286 g/mol. The van der Waals surface area contributed by atoms with Gasteiger partial charge >= 0.3 is 0 Å². The Morgan fingerprint density at radius 3 is 2.80 bits per heavy atom. The Kier molecular flexibility index (Phi) is 2.99. The zero-order chi connectivity index (χ0) is 13.5. The van der Waals surface area contributed by atoms with Crippen LogP contribution in [0.25, 0.3) is 10.2 Å². The van der Waals surface area contributed by atoms with Crippen molar-refractivity contribution >= 4 is 27.5 Å². The van der Waals surface area contributed by atoms with Crippen molar-refractivity contribution in [2.45, 2.75) is 38.1 Å². The first kappa shape index (κ1) is 12.3. The van der Waals surface area contributed by atoms with E-state index in [0.717, 1.165) is 42.8 Å². The van der Waals surface area contributed by atoms with Crippen LogP contribution in [0.2, 0.25) is 0 Å². The summed E-state index contributed by atoms with van der Waals surface area (Å²) in [4.78, 5) is 19.4. The number of hydrogen-bond acceptors (Lipinski definition) is 3. The maximum Gasteiger partial charge on any atom is 0.226 e. The fourth-order valence-corrected chi connectivity index (χ4v) is 4.32. The molecule has 1 aliphatic heterocycles. The first-order valence-electron chi connectivity index (χ1n) is 7.49. The molecule has 4 heteroatoms. The lowest BCUT2D eigenvalue weighted by atomic mass is 9.84. The highest BCUT2D eigenvalue weighted by atomic mass is 32.1. The molecule has 1 atom stereocenters. The minimum atomic E-state index is 0.223. The van der Waals surface area contributed by atoms with Gasteiger partial charge in [0.25, 0.3) is 0 Å². The smallest absolute Gasteiger partial charge is 0.226 e. The van der Waals surface area contributed by atoms with Gasteiger partial charge in [0.2, 0.25) is 5.91 Å². The maximum absolute atomic E-state index is 12.5. The Hall–Kier alpha value is -1.42. The predicted molar refractivity (Wildman–Crippen MR) is 80.6 cm³/mol. The molecule has 0 N–H and O–H groups in total. The van der Waals surface area contributed by atoms with Crippen molar-refractivity contribution in [3.05, 3.63) is 29.3 Å². The summed E-state index contributed by atoms with van der Waals surface area (Å²) < 4.78 is 1.23. The number of aromatic nitrogens is 1. The molecular formula is C16H18N2OS. The van der Waals surface area contributed by atoms with E-state index in [2.05, 4.69) is 23.1 Å². The van der Waals surface area contributed by atoms with Crippen molar-refractivity contribution in [1.82, 2.24) is 9.88 Å². The molecule has 0 bridgehead atoms. The summed E-state index contributed by atoms with van der Waals surface area (Å²) >= 11 is 1.75. The molecule has 20 heavy (non-hydrogen) atoms. The van der Waals surface area contributed by atoms with Crippen molar-refractivity contribution in [3.8, 4) is 0 Å². The van der Waals surface area contributed by atoms with E-state index in [1.165, 1.54) is 11.1 Å². The molecule has 0 spiro atoms. The minimum absolute atomic E-state index is 0.223. The van der Waals surface area contributed by atoms with Crippen molar-refractivity contribution in [3.63, 3.8) is 0 Å². The highest BCUT2D eigenvalue weighted by Gasteiger charge is 2.37. The second kappa shape index (κ2) is 4.85. The molecule has 2 aromatic rings. The van der Waals surface area contributed by atoms with E-state index in [1.54, 1.807) is 11.3 Å². The standard InChI is InChI=1S/C16H18N2OS/c19-16(11-5-3-6-11)18-10-4-8-13(18)15-17-12-7-1-2-9-14(12)20-15/h1-2,7,9,11,13H,3-6,8,10H2/t13-/m0/s1. The molecule has 1 aliphatic carbocycles. The number of fused-ring (bicyclic) bond motifs is 1. The Balaban J connectivity index is 1.63. The molecule has 2 fully saturated rings. The lowest BCUT2D eigenvalue weighted by Gasteiger charge is -2.32. The van der Waals surface area contributed by atoms with Crippen LogP contribution in [0.1, 0.15) is 43.2 Å². The number of thiazole rings is 1. The van der Waals surface area contributed by atoms with Gasteiger partial charge in [-0.05, 0) is 37.8 Å². The van der Waals surface area contributed by atoms with Gasteiger partial charge in [-0.3, -0.25) is 4.79 Å². The van der Waals surface area contributed by atoms with Crippen LogP contribution >= 0.6 is 11.3 Å². The first-order valence-corrected chi connectivity index (χ1v) is 8.30. The van der Waals surface area contributed by atoms with Gasteiger partial charge in [-0.1, -0.05) is 18.6 Å². The lowest BCUT2D eigenvalue weighted by Crippen LogP contribution is -2.38. The number of para-hydroxylation sites is 1. The van der Waals surface area contributed by atoms with Gasteiger partial charge in [-0.2, -0.15) is 0 Å². The number of rotatable bonds is 2. The third kappa shape index (κ3) is 1.94. The second-order valence-electron chi connectivity index (χ2n) is 5.84. The third-order valence-corrected chi connectivity index (χ3v) is 5.72. The summed E-state index contributed by atoms with van der Waals surface area (Å²) in [5.74, 6) is 0.669. The van der Waals surface area contributed by atoms with Crippen LogP contribution in [0.4, 0.5) is 0 Å². The normalized spacial score (nSPS) is 23.2. The van der Waals surface area contributed by atoms with E-state index in [9.17, 15) is 4.79 Å². The van der Waals surface area contributed by atoms with E-state index in [0.29, 0.717) is 11.8 Å². The summed E-state index contributed by atoms with van der Waals surface area (Å²) in [6, 6.07) is 8.47. The maximum atomic E-state index is 12.5. The molecule has 1 saturated carbocycles. The molecule has 2 heterocycles. The Bertz CT molecular complexity index is 614. The SMILES string of the molecule is O=C(C1CCC1)N1CCC[C@H]1c1nc2ccccc2s1. The highest BCUT2D eigenvalue weighted by molar-refractivity contribution is 7.18. The number of nitrogens with zero attached hydrogens (tertiary/aromatic N) is 2. The van der Waals surface area contributed by atoms with Crippen LogP contribution in [0, 0.1) is 5.92 Å². The fourth-order valence-electron chi connectivity index (χ4n) is 3.21. The Labute approximate surface area is 122 Å². The molecule has 1 amide bonds. The summed E-state index contributed by atoms with van der Waals surface area (Å²) in [7, 11) is 0. The van der Waals surface area contributed by atoms with Gasteiger partial charge < -0.3 is 4.90 Å². The van der Waals surface area contributed by atoms with Gasteiger partial charge in [-0.15, -0.1) is 11.3 Å². The Morgan fingerprint density at radius 2 is 2.05 bits per heavy atom. The second-order valence-corrected chi connectivity index (χ2v) is 6.90. The van der Waals surface area contributed by atoms with Gasteiger partial charge in [0, 0.05) is 12.5 Å². The number of benzene rings is 1. The van der Waals surface area contributed by atoms with E-state index >= 15 is 0 Å². The molecule has 1 aromatic carbocycles. The van der Waals surface area contributed by atoms with Gasteiger partial charge in [0.1, 0.15) is 5.01 Å². The highest BCUT2D eigenvalue weighted by Crippen LogP contribution is 2.39. The van der Waals surface area contributed by atoms with Crippen molar-refractivity contribution in [2.75, 3.05) is 6.54 Å². The van der Waals surface area contributed by atoms with Crippen LogP contribution < -0.4 is 0 Å². The number of carbonyl (C=O) groups is 1. The van der Waals surface area contributed by atoms with E-state index in [1.807, 2.05) is 6.07 Å². The molecule has 3 nitrogen and oxygen atoms in total. The quantitative estimate of drug-likeness (QED) is 0.842. The van der Waals surface area contributed by atoms with Gasteiger partial charge in [-0.25, -0.2) is 4.98 Å². The topological polar surface area (TPSA) is 33.2 Å². The van der Waals surface area contributed by atoms with Crippen molar-refractivity contribution in [1.29, 1.82) is 0 Å². The summed E-state index contributed by atoms with van der Waals surface area (Å²) in [5, 5.41) is 1.12. The first-order chi connectivity index (χ1) is 9.83. The zero-order valence-electron chi connectivity index (χ0n) is 11.4. The van der Waals surface area contributed by atoms with E-state index < -0.39 is 0 Å². The van der Waals surface area contributed by atoms with Crippen LogP contribution in [0.3, 0.4) is 0 Å². The number of likely N-dealkylation sites (tertiary alicyclic amines) is 1. The molecule has 4 rings (SSSR count). The molecular weight excluding hydrogens is 268 g/mol. The summed E-state index contributed by atoms with van der Waals surface area (Å²) in [5.41, 5.74) is 1.07. The van der Waals surface area contributed by atoms with Gasteiger partial charge in [0.05, 0.1) is 16.3 Å². The molecule has 1 saturated heterocycles. The molecule has 0 unspecified atom stereocenters. The van der Waals surface area contributed by atoms with E-state index in [-0.39, 0.29) is 6.04 Å². The third-order valence-electron chi connectivity index (χ3n) is 4.59. The zero-order valence-corrected chi connectivity index (χ0v) is 12.2. The van der Waals surface area contributed by atoms with E-state index in [4.69, 9.17) is 4.98 Å². The van der Waals surface area contributed by atoms with Crippen LogP contribution in [0.5, 0.6) is 0 Å². The lowest BCUT2D eigenvalue weighted by molar-refractivity contribution is -0.139. The minimum Gasteiger partial charge on any atom is -0.333 e. The van der Waals surface area contributed by atoms with Crippen molar-refractivity contribution < 1.29 is 4.79 Å². The van der Waals surface area contributed by atoms with Crippen LogP contribution in [0.15, 0.2) is 24.3 Å². The van der Waals surface area contributed by atoms with Gasteiger partial charge in [0.15, 0.2) is 0 Å². The largest absolute Gasteiger partial charge is 0.333 e. The number of hydrogen-bond donors (Lipinski definition) is 0. The molecule has 0 radical (unpaired) electrons. The Morgan fingerprint density at radius 1 is 1.20 bits per heavy atom. The van der Waals surface area contributed by atoms with Crippen LogP contribution in [-0.2, 0) is 4.79 Å². The fraction of sp³-hybridized carbons (Fsp3) is 0.500. The summed E-state index contributed by atoms with van der Waals surface area (Å²) in [6.07, 6.45) is 5.57. The number of carbonyl (C=O) groups excluding carboxylic acids is 1.